The fourth-order valence-electron chi connectivity index (χ4n) is 3.28. The predicted molar refractivity (Wildman–Crippen MR) is 106 cm³/mol. The zero-order valence-electron chi connectivity index (χ0n) is 16.5. The van der Waals surface area contributed by atoms with Crippen LogP contribution >= 0.6 is 0 Å². The van der Waals surface area contributed by atoms with Crippen molar-refractivity contribution in [1.29, 1.82) is 5.26 Å². The Morgan fingerprint density at radius 1 is 1.17 bits per heavy atom. The second-order valence-electron chi connectivity index (χ2n) is 7.34. The molecular formula is C22H22N4O3. The van der Waals surface area contributed by atoms with E-state index in [1.54, 1.807) is 50.2 Å². The number of hydrogen-bond donors (Lipinski definition) is 2. The predicted octanol–water partition coefficient (Wildman–Crippen LogP) is 2.51. The topological polar surface area (TPSA) is 102 Å². The van der Waals surface area contributed by atoms with Gasteiger partial charge in [-0.25, -0.2) is 4.79 Å². The standard InChI is InChI=1S/C22H22N4O3/c1-14-4-10-18(11-5-14)22(3)20(28)26(21(29)25-22)13-19(27)24-15(2)17-8-6-16(12-23)7-9-17/h4-11,15H,13H2,1-3H3,(H,24,27)(H,25,29). The lowest BCUT2D eigenvalue weighted by molar-refractivity contribution is -0.135. The smallest absolute Gasteiger partial charge is 0.325 e. The highest BCUT2D eigenvalue weighted by atomic mass is 16.2. The summed E-state index contributed by atoms with van der Waals surface area (Å²) >= 11 is 0. The van der Waals surface area contributed by atoms with Gasteiger partial charge in [0.05, 0.1) is 17.7 Å². The van der Waals surface area contributed by atoms with Crippen LogP contribution in [0, 0.1) is 18.3 Å². The van der Waals surface area contributed by atoms with E-state index in [1.165, 1.54) is 0 Å². The van der Waals surface area contributed by atoms with Gasteiger partial charge in [0.15, 0.2) is 0 Å². The van der Waals surface area contributed by atoms with Crippen molar-refractivity contribution in [3.8, 4) is 6.07 Å². The lowest BCUT2D eigenvalue weighted by Crippen LogP contribution is -2.43. The molecule has 2 aromatic carbocycles. The summed E-state index contributed by atoms with van der Waals surface area (Å²) in [5.74, 6) is -0.911. The summed E-state index contributed by atoms with van der Waals surface area (Å²) in [5, 5.41) is 14.3. The molecule has 0 bridgehead atoms. The Labute approximate surface area is 169 Å². The van der Waals surface area contributed by atoms with Crippen molar-refractivity contribution in [2.24, 2.45) is 0 Å². The molecule has 2 atom stereocenters. The van der Waals surface area contributed by atoms with Gasteiger partial charge in [-0.05, 0) is 44.0 Å². The number of urea groups is 1. The van der Waals surface area contributed by atoms with Crippen molar-refractivity contribution < 1.29 is 14.4 Å². The number of benzene rings is 2. The second kappa shape index (κ2) is 7.76. The molecule has 0 spiro atoms. The van der Waals surface area contributed by atoms with Crippen LogP contribution in [0.25, 0.3) is 0 Å². The summed E-state index contributed by atoms with van der Waals surface area (Å²) in [5.41, 5.74) is 1.85. The molecule has 0 aromatic heterocycles. The number of imide groups is 1. The van der Waals surface area contributed by atoms with Gasteiger partial charge in [-0.1, -0.05) is 42.0 Å². The van der Waals surface area contributed by atoms with Gasteiger partial charge in [-0.15, -0.1) is 0 Å². The van der Waals surface area contributed by atoms with Crippen LogP contribution < -0.4 is 10.6 Å². The third kappa shape index (κ3) is 3.97. The molecule has 0 saturated carbocycles. The first-order chi connectivity index (χ1) is 13.7. The van der Waals surface area contributed by atoms with Gasteiger partial charge in [-0.3, -0.25) is 14.5 Å². The number of carbonyl (C=O) groups is 3. The van der Waals surface area contributed by atoms with E-state index < -0.39 is 23.4 Å². The van der Waals surface area contributed by atoms with E-state index in [1.807, 2.05) is 25.1 Å². The van der Waals surface area contributed by atoms with E-state index in [0.717, 1.165) is 16.0 Å². The minimum absolute atomic E-state index is 0.334. The molecule has 2 N–H and O–H groups in total. The highest BCUT2D eigenvalue weighted by Gasteiger charge is 2.49. The van der Waals surface area contributed by atoms with E-state index in [2.05, 4.69) is 10.6 Å². The van der Waals surface area contributed by atoms with Crippen molar-refractivity contribution in [3.05, 3.63) is 70.8 Å². The highest BCUT2D eigenvalue weighted by Crippen LogP contribution is 2.29. The third-order valence-corrected chi connectivity index (χ3v) is 5.12. The van der Waals surface area contributed by atoms with Crippen molar-refractivity contribution in [3.63, 3.8) is 0 Å². The van der Waals surface area contributed by atoms with Crippen LogP contribution in [-0.4, -0.2) is 29.3 Å². The Hall–Kier alpha value is -3.66. The van der Waals surface area contributed by atoms with Gasteiger partial charge in [0.2, 0.25) is 5.91 Å². The molecule has 1 aliphatic rings. The maximum Gasteiger partial charge on any atom is 0.325 e. The summed E-state index contributed by atoms with van der Waals surface area (Å²) < 4.78 is 0. The summed E-state index contributed by atoms with van der Waals surface area (Å²) in [6.07, 6.45) is 0. The number of amides is 4. The molecule has 0 aliphatic carbocycles. The van der Waals surface area contributed by atoms with E-state index in [4.69, 9.17) is 5.26 Å². The molecule has 29 heavy (non-hydrogen) atoms. The second-order valence-corrected chi connectivity index (χ2v) is 7.34. The molecule has 1 aliphatic heterocycles. The average molecular weight is 390 g/mol. The number of nitrogens with one attached hydrogen (secondary N) is 2. The minimum Gasteiger partial charge on any atom is -0.348 e. The van der Waals surface area contributed by atoms with Crippen molar-refractivity contribution in [1.82, 2.24) is 15.5 Å². The summed E-state index contributed by atoms with van der Waals surface area (Å²) in [7, 11) is 0. The van der Waals surface area contributed by atoms with Crippen molar-refractivity contribution in [2.75, 3.05) is 6.54 Å². The Morgan fingerprint density at radius 3 is 2.38 bits per heavy atom. The molecule has 3 rings (SSSR count). The van der Waals surface area contributed by atoms with Crippen molar-refractivity contribution in [2.45, 2.75) is 32.4 Å². The summed E-state index contributed by atoms with van der Waals surface area (Å²) in [4.78, 5) is 38.7. The fraction of sp³-hybridized carbons (Fsp3) is 0.273. The van der Waals surface area contributed by atoms with Crippen LogP contribution in [0.3, 0.4) is 0 Å². The van der Waals surface area contributed by atoms with E-state index in [9.17, 15) is 14.4 Å². The maximum atomic E-state index is 12.9. The SMILES string of the molecule is Cc1ccc(C2(C)NC(=O)N(CC(=O)NC(C)c3ccc(C#N)cc3)C2=O)cc1. The normalized spacial score (nSPS) is 19.4. The minimum atomic E-state index is -1.20. The number of rotatable bonds is 5. The fourth-order valence-corrected chi connectivity index (χ4v) is 3.28. The quantitative estimate of drug-likeness (QED) is 0.766. The van der Waals surface area contributed by atoms with E-state index in [-0.39, 0.29) is 12.6 Å². The van der Waals surface area contributed by atoms with Crippen LogP contribution in [-0.2, 0) is 15.1 Å². The van der Waals surface area contributed by atoms with Gasteiger partial charge in [0.1, 0.15) is 12.1 Å². The molecule has 1 fully saturated rings. The summed E-state index contributed by atoms with van der Waals surface area (Å²) in [6.45, 7) is 5.00. The number of nitrogens with zero attached hydrogens (tertiary/aromatic N) is 2. The largest absolute Gasteiger partial charge is 0.348 e. The monoisotopic (exact) mass is 390 g/mol. The van der Waals surface area contributed by atoms with Gasteiger partial charge in [0.25, 0.3) is 5.91 Å². The van der Waals surface area contributed by atoms with Crippen LogP contribution in [0.1, 0.15) is 42.1 Å². The maximum absolute atomic E-state index is 12.9. The van der Waals surface area contributed by atoms with Crippen LogP contribution in [0.2, 0.25) is 0 Å². The molecular weight excluding hydrogens is 368 g/mol. The van der Waals surface area contributed by atoms with Crippen molar-refractivity contribution >= 4 is 17.8 Å². The van der Waals surface area contributed by atoms with Crippen LogP contribution in [0.4, 0.5) is 4.79 Å². The highest BCUT2D eigenvalue weighted by molar-refractivity contribution is 6.09. The molecule has 148 valence electrons. The lowest BCUT2D eigenvalue weighted by atomic mass is 9.91. The number of carbonyl (C=O) groups excluding carboxylic acids is 3. The molecule has 7 heteroatoms. The molecule has 4 amide bonds. The van der Waals surface area contributed by atoms with Gasteiger partial charge < -0.3 is 10.6 Å². The van der Waals surface area contributed by atoms with E-state index in [0.29, 0.717) is 11.1 Å². The lowest BCUT2D eigenvalue weighted by Gasteiger charge is -2.22. The molecule has 0 radical (unpaired) electrons. The molecule has 2 unspecified atom stereocenters. The number of aryl methyl sites for hydroxylation is 1. The van der Waals surface area contributed by atoms with E-state index >= 15 is 0 Å². The Kier molecular flexibility index (Phi) is 5.37. The first-order valence-electron chi connectivity index (χ1n) is 9.25. The Balaban J connectivity index is 1.68. The molecule has 1 heterocycles. The first kappa shape index (κ1) is 20.1. The Morgan fingerprint density at radius 2 is 1.79 bits per heavy atom. The first-order valence-corrected chi connectivity index (χ1v) is 9.25. The molecule has 7 nitrogen and oxygen atoms in total. The average Bonchev–Trinajstić information content (AvgIpc) is 2.92. The zero-order chi connectivity index (χ0) is 21.2. The van der Waals surface area contributed by atoms with Gasteiger partial charge in [0, 0.05) is 0 Å². The third-order valence-electron chi connectivity index (χ3n) is 5.12. The number of nitriles is 1. The molecule has 2 aromatic rings. The van der Waals surface area contributed by atoms with Gasteiger partial charge >= 0.3 is 6.03 Å². The Bertz CT molecular complexity index is 992. The van der Waals surface area contributed by atoms with Crippen LogP contribution in [0.15, 0.2) is 48.5 Å². The molecule has 1 saturated heterocycles. The summed E-state index contributed by atoms with van der Waals surface area (Å²) in [6, 6.07) is 15.3. The van der Waals surface area contributed by atoms with Crippen LogP contribution in [0.5, 0.6) is 0 Å². The zero-order valence-corrected chi connectivity index (χ0v) is 16.5. The van der Waals surface area contributed by atoms with Gasteiger partial charge in [-0.2, -0.15) is 5.26 Å². The number of hydrogen-bond acceptors (Lipinski definition) is 4.